The molecule has 1 rings (SSSR count). The summed E-state index contributed by atoms with van der Waals surface area (Å²) in [6.45, 7) is 3.84. The van der Waals surface area contributed by atoms with Gasteiger partial charge in [0.25, 0.3) is 0 Å². The predicted molar refractivity (Wildman–Crippen MR) is 51.8 cm³/mol. The minimum Gasteiger partial charge on any atom is -0.481 e. The van der Waals surface area contributed by atoms with E-state index in [2.05, 4.69) is 0 Å². The smallest absolute Gasteiger partial charge is 0.310 e. The van der Waals surface area contributed by atoms with Crippen molar-refractivity contribution in [1.82, 2.24) is 0 Å². The van der Waals surface area contributed by atoms with Crippen molar-refractivity contribution in [3.8, 4) is 0 Å². The Morgan fingerprint density at radius 2 is 2.08 bits per heavy atom. The summed E-state index contributed by atoms with van der Waals surface area (Å²) < 4.78 is 0. The number of benzene rings is 1. The lowest BCUT2D eigenvalue weighted by atomic mass is 9.93. The summed E-state index contributed by atoms with van der Waals surface area (Å²) in [5.74, 6) is -1.10. The Balaban J connectivity index is 3.04. The van der Waals surface area contributed by atoms with Crippen LogP contribution in [0.15, 0.2) is 24.3 Å². The normalized spacial score (nSPS) is 12.5. The third kappa shape index (κ3) is 2.08. The molecule has 0 heterocycles. The van der Waals surface area contributed by atoms with Crippen LogP contribution < -0.4 is 0 Å². The van der Waals surface area contributed by atoms with Gasteiger partial charge in [-0.2, -0.15) is 0 Å². The quantitative estimate of drug-likeness (QED) is 0.772. The first-order valence-electron chi connectivity index (χ1n) is 4.45. The number of aryl methyl sites for hydroxylation is 1. The second-order valence-electron chi connectivity index (χ2n) is 3.16. The molecule has 1 atom stereocenters. The lowest BCUT2D eigenvalue weighted by Crippen LogP contribution is -2.11. The van der Waals surface area contributed by atoms with Crippen molar-refractivity contribution in [2.75, 3.05) is 0 Å². The molecule has 0 aliphatic heterocycles. The SMILES string of the molecule is CC[C@@H](C(=O)O)c1ccccc1C. The molecular weight excluding hydrogens is 164 g/mol. The van der Waals surface area contributed by atoms with Gasteiger partial charge in [0.1, 0.15) is 0 Å². The second kappa shape index (κ2) is 4.08. The molecule has 0 amide bonds. The molecule has 0 saturated heterocycles. The topological polar surface area (TPSA) is 37.3 Å². The molecule has 0 unspecified atom stereocenters. The molecule has 70 valence electrons. The molecule has 0 aliphatic carbocycles. The average molecular weight is 178 g/mol. The van der Waals surface area contributed by atoms with Crippen molar-refractivity contribution in [3.63, 3.8) is 0 Å². The summed E-state index contributed by atoms with van der Waals surface area (Å²) in [4.78, 5) is 10.9. The van der Waals surface area contributed by atoms with E-state index in [0.717, 1.165) is 11.1 Å². The zero-order valence-electron chi connectivity index (χ0n) is 7.95. The zero-order chi connectivity index (χ0) is 9.84. The molecule has 1 aromatic rings. The Morgan fingerprint density at radius 3 is 2.54 bits per heavy atom. The van der Waals surface area contributed by atoms with E-state index in [1.807, 2.05) is 38.1 Å². The fourth-order valence-electron chi connectivity index (χ4n) is 1.51. The maximum Gasteiger partial charge on any atom is 0.310 e. The lowest BCUT2D eigenvalue weighted by molar-refractivity contribution is -0.138. The summed E-state index contributed by atoms with van der Waals surface area (Å²) in [5.41, 5.74) is 1.98. The van der Waals surface area contributed by atoms with Gasteiger partial charge in [-0.05, 0) is 24.5 Å². The zero-order valence-corrected chi connectivity index (χ0v) is 7.95. The first-order valence-corrected chi connectivity index (χ1v) is 4.45. The highest BCUT2D eigenvalue weighted by Gasteiger charge is 2.18. The minimum absolute atomic E-state index is 0.360. The Kier molecular flexibility index (Phi) is 3.07. The molecule has 2 heteroatoms. The highest BCUT2D eigenvalue weighted by atomic mass is 16.4. The number of carbonyl (C=O) groups is 1. The van der Waals surface area contributed by atoms with Gasteiger partial charge in [0.05, 0.1) is 5.92 Å². The van der Waals surface area contributed by atoms with E-state index in [9.17, 15) is 4.79 Å². The van der Waals surface area contributed by atoms with E-state index in [0.29, 0.717) is 6.42 Å². The molecule has 1 N–H and O–H groups in total. The monoisotopic (exact) mass is 178 g/mol. The summed E-state index contributed by atoms with van der Waals surface area (Å²) in [7, 11) is 0. The van der Waals surface area contributed by atoms with E-state index in [-0.39, 0.29) is 5.92 Å². The highest BCUT2D eigenvalue weighted by Crippen LogP contribution is 2.22. The van der Waals surface area contributed by atoms with Crippen LogP contribution in [0.1, 0.15) is 30.4 Å². The third-order valence-electron chi connectivity index (χ3n) is 2.27. The Labute approximate surface area is 78.2 Å². The van der Waals surface area contributed by atoms with Crippen molar-refractivity contribution < 1.29 is 9.90 Å². The molecule has 0 saturated carbocycles. The van der Waals surface area contributed by atoms with Gasteiger partial charge in [0.2, 0.25) is 0 Å². The summed E-state index contributed by atoms with van der Waals surface area (Å²) >= 11 is 0. The first-order chi connectivity index (χ1) is 6.16. The Bertz CT molecular complexity index is 305. The second-order valence-corrected chi connectivity index (χ2v) is 3.16. The fraction of sp³-hybridized carbons (Fsp3) is 0.364. The number of rotatable bonds is 3. The van der Waals surface area contributed by atoms with Gasteiger partial charge in [-0.15, -0.1) is 0 Å². The molecule has 0 spiro atoms. The van der Waals surface area contributed by atoms with Gasteiger partial charge in [-0.1, -0.05) is 31.2 Å². The fourth-order valence-corrected chi connectivity index (χ4v) is 1.51. The maximum absolute atomic E-state index is 10.9. The molecule has 0 aliphatic rings. The number of aliphatic carboxylic acids is 1. The highest BCUT2D eigenvalue weighted by molar-refractivity contribution is 5.76. The van der Waals surface area contributed by atoms with Crippen molar-refractivity contribution >= 4 is 5.97 Å². The molecule has 0 radical (unpaired) electrons. The summed E-state index contributed by atoms with van der Waals surface area (Å²) in [6.07, 6.45) is 0.639. The molecule has 0 aromatic heterocycles. The third-order valence-corrected chi connectivity index (χ3v) is 2.27. The molecule has 2 nitrogen and oxygen atoms in total. The standard InChI is InChI=1S/C11H14O2/c1-3-9(11(12)13)10-7-5-4-6-8(10)2/h4-7,9H,3H2,1-2H3,(H,12,13)/t9-/m1/s1. The molecule has 0 bridgehead atoms. The van der Waals surface area contributed by atoms with Crippen molar-refractivity contribution in [3.05, 3.63) is 35.4 Å². The minimum atomic E-state index is -0.739. The molecule has 1 aromatic carbocycles. The first kappa shape index (κ1) is 9.78. The molecule has 13 heavy (non-hydrogen) atoms. The Morgan fingerprint density at radius 1 is 1.46 bits per heavy atom. The van der Waals surface area contributed by atoms with Crippen LogP contribution in [0.5, 0.6) is 0 Å². The Hall–Kier alpha value is -1.31. The summed E-state index contributed by atoms with van der Waals surface area (Å²) in [5, 5.41) is 8.95. The van der Waals surface area contributed by atoms with E-state index < -0.39 is 5.97 Å². The van der Waals surface area contributed by atoms with Crippen LogP contribution in [0, 0.1) is 6.92 Å². The number of hydrogen-bond acceptors (Lipinski definition) is 1. The van der Waals surface area contributed by atoms with Crippen LogP contribution in [0.2, 0.25) is 0 Å². The van der Waals surface area contributed by atoms with E-state index >= 15 is 0 Å². The maximum atomic E-state index is 10.9. The predicted octanol–water partition coefficient (Wildman–Crippen LogP) is 2.57. The largest absolute Gasteiger partial charge is 0.481 e. The average Bonchev–Trinajstić information content (AvgIpc) is 2.09. The number of carboxylic acid groups (broad SMARTS) is 1. The van der Waals surface area contributed by atoms with Gasteiger partial charge < -0.3 is 5.11 Å². The van der Waals surface area contributed by atoms with Crippen LogP contribution in [0.4, 0.5) is 0 Å². The van der Waals surface area contributed by atoms with Gasteiger partial charge in [-0.3, -0.25) is 4.79 Å². The molecule has 0 fully saturated rings. The van der Waals surface area contributed by atoms with Crippen LogP contribution in [0.3, 0.4) is 0 Å². The van der Waals surface area contributed by atoms with E-state index in [1.165, 1.54) is 0 Å². The van der Waals surface area contributed by atoms with E-state index in [1.54, 1.807) is 0 Å². The van der Waals surface area contributed by atoms with Crippen LogP contribution >= 0.6 is 0 Å². The lowest BCUT2D eigenvalue weighted by Gasteiger charge is -2.12. The van der Waals surface area contributed by atoms with Gasteiger partial charge in [0, 0.05) is 0 Å². The van der Waals surface area contributed by atoms with Crippen LogP contribution in [-0.4, -0.2) is 11.1 Å². The summed E-state index contributed by atoms with van der Waals surface area (Å²) in [6, 6.07) is 7.64. The van der Waals surface area contributed by atoms with Gasteiger partial charge >= 0.3 is 5.97 Å². The van der Waals surface area contributed by atoms with Crippen molar-refractivity contribution in [2.24, 2.45) is 0 Å². The van der Waals surface area contributed by atoms with Gasteiger partial charge in [-0.25, -0.2) is 0 Å². The van der Waals surface area contributed by atoms with Crippen molar-refractivity contribution in [2.45, 2.75) is 26.2 Å². The number of hydrogen-bond donors (Lipinski definition) is 1. The van der Waals surface area contributed by atoms with Crippen molar-refractivity contribution in [1.29, 1.82) is 0 Å². The van der Waals surface area contributed by atoms with E-state index in [4.69, 9.17) is 5.11 Å². The van der Waals surface area contributed by atoms with Crippen LogP contribution in [-0.2, 0) is 4.79 Å². The van der Waals surface area contributed by atoms with Gasteiger partial charge in [0.15, 0.2) is 0 Å². The molecular formula is C11H14O2. The number of carboxylic acids is 1. The van der Waals surface area contributed by atoms with Crippen LogP contribution in [0.25, 0.3) is 0 Å².